The maximum atomic E-state index is 6.23. The molecular weight excluding hydrogens is 406 g/mol. The Kier molecular flexibility index (Phi) is 6.35. The second-order valence-corrected chi connectivity index (χ2v) is 7.39. The lowest BCUT2D eigenvalue weighted by Gasteiger charge is -2.33. The molecule has 0 saturated carbocycles. The normalized spacial score (nSPS) is 14.7. The van der Waals surface area contributed by atoms with Crippen LogP contribution in [-0.4, -0.2) is 53.2 Å². The highest BCUT2D eigenvalue weighted by atomic mass is 35.5. The first-order valence-corrected chi connectivity index (χ1v) is 10.2. The number of rotatable bonds is 7. The van der Waals surface area contributed by atoms with E-state index in [1.807, 2.05) is 41.0 Å². The van der Waals surface area contributed by atoms with Gasteiger partial charge in [-0.2, -0.15) is 0 Å². The number of para-hydroxylation sites is 1. The molecule has 0 unspecified atom stereocenters. The fourth-order valence-electron chi connectivity index (χ4n) is 3.52. The van der Waals surface area contributed by atoms with E-state index >= 15 is 0 Å². The van der Waals surface area contributed by atoms with Crippen LogP contribution in [0.25, 0.3) is 5.69 Å². The summed E-state index contributed by atoms with van der Waals surface area (Å²) in [6, 6.07) is 11.3. The maximum absolute atomic E-state index is 6.23. The van der Waals surface area contributed by atoms with E-state index in [0.29, 0.717) is 23.3 Å². The number of nitrogens with zero attached hydrogens (tertiary/aromatic N) is 5. The van der Waals surface area contributed by atoms with Crippen LogP contribution in [0.4, 0.5) is 5.95 Å². The Hall–Kier alpha value is -2.84. The number of halogens is 1. The van der Waals surface area contributed by atoms with Crippen molar-refractivity contribution in [1.29, 1.82) is 0 Å². The molecule has 1 saturated heterocycles. The average Bonchev–Trinajstić information content (AvgIpc) is 3.20. The molecule has 0 amide bonds. The van der Waals surface area contributed by atoms with E-state index in [9.17, 15) is 0 Å². The highest BCUT2D eigenvalue weighted by molar-refractivity contribution is 6.32. The number of piperidine rings is 1. The molecule has 0 N–H and O–H groups in total. The number of methoxy groups -OCH3 is 2. The van der Waals surface area contributed by atoms with Gasteiger partial charge in [0, 0.05) is 39.1 Å². The summed E-state index contributed by atoms with van der Waals surface area (Å²) in [6.45, 7) is 1.94. The molecule has 0 atom stereocenters. The molecule has 0 bridgehead atoms. The van der Waals surface area contributed by atoms with Gasteiger partial charge < -0.3 is 19.1 Å². The summed E-state index contributed by atoms with van der Waals surface area (Å²) in [5.41, 5.74) is 0.859. The van der Waals surface area contributed by atoms with Crippen LogP contribution >= 0.6 is 11.6 Å². The first-order valence-electron chi connectivity index (χ1n) is 9.79. The van der Waals surface area contributed by atoms with Crippen LogP contribution in [-0.2, 0) is 11.3 Å². The summed E-state index contributed by atoms with van der Waals surface area (Å²) < 4.78 is 18.6. The van der Waals surface area contributed by atoms with Gasteiger partial charge in [0.1, 0.15) is 18.5 Å². The van der Waals surface area contributed by atoms with Crippen LogP contribution < -0.4 is 14.4 Å². The molecule has 9 heteroatoms. The van der Waals surface area contributed by atoms with Gasteiger partial charge in [-0.1, -0.05) is 23.7 Å². The minimum absolute atomic E-state index is 0.110. The van der Waals surface area contributed by atoms with E-state index in [4.69, 9.17) is 25.8 Å². The summed E-state index contributed by atoms with van der Waals surface area (Å²) in [4.78, 5) is 6.53. The Morgan fingerprint density at radius 1 is 1.07 bits per heavy atom. The van der Waals surface area contributed by atoms with Gasteiger partial charge in [0.15, 0.2) is 5.82 Å². The van der Waals surface area contributed by atoms with Gasteiger partial charge in [0.2, 0.25) is 11.8 Å². The summed E-state index contributed by atoms with van der Waals surface area (Å²) in [5.74, 6) is 2.77. The molecule has 1 aromatic carbocycles. The van der Waals surface area contributed by atoms with Crippen molar-refractivity contribution >= 4 is 17.5 Å². The predicted molar refractivity (Wildman–Crippen MR) is 114 cm³/mol. The van der Waals surface area contributed by atoms with E-state index in [0.717, 1.165) is 43.3 Å². The molecule has 1 aliphatic heterocycles. The number of benzene rings is 1. The molecule has 0 radical (unpaired) electrons. The van der Waals surface area contributed by atoms with Crippen molar-refractivity contribution in [2.45, 2.75) is 25.6 Å². The Bertz CT molecular complexity index is 971. The fraction of sp³-hybridized carbons (Fsp3) is 0.381. The van der Waals surface area contributed by atoms with E-state index in [-0.39, 0.29) is 6.10 Å². The molecule has 4 rings (SSSR count). The standard InChI is InChI=1S/C21H24ClN5O3/c1-28-14-19-24-25-21(27(19)15-7-8-20(29-2)23-13-15)26-11-9-16(10-12-26)30-18-6-4-3-5-17(18)22/h3-8,13,16H,9-12,14H2,1-2H3. The zero-order valence-corrected chi connectivity index (χ0v) is 17.7. The molecule has 0 spiro atoms. The van der Waals surface area contributed by atoms with Crippen molar-refractivity contribution in [3.63, 3.8) is 0 Å². The Morgan fingerprint density at radius 3 is 2.53 bits per heavy atom. The van der Waals surface area contributed by atoms with E-state index in [1.165, 1.54) is 0 Å². The van der Waals surface area contributed by atoms with Crippen molar-refractivity contribution in [1.82, 2.24) is 19.7 Å². The number of ether oxygens (including phenoxy) is 3. The Labute approximate surface area is 180 Å². The minimum Gasteiger partial charge on any atom is -0.489 e. The predicted octanol–water partition coefficient (Wildman–Crippen LogP) is 3.52. The molecular formula is C21H24ClN5O3. The second kappa shape index (κ2) is 9.32. The topological polar surface area (TPSA) is 74.5 Å². The fourth-order valence-corrected chi connectivity index (χ4v) is 3.70. The van der Waals surface area contributed by atoms with Crippen molar-refractivity contribution in [2.24, 2.45) is 0 Å². The lowest BCUT2D eigenvalue weighted by molar-refractivity contribution is 0.170. The zero-order valence-electron chi connectivity index (χ0n) is 17.0. The third kappa shape index (κ3) is 4.34. The van der Waals surface area contributed by atoms with Crippen LogP contribution in [0.3, 0.4) is 0 Å². The van der Waals surface area contributed by atoms with Gasteiger partial charge in [0.25, 0.3) is 0 Å². The highest BCUT2D eigenvalue weighted by Gasteiger charge is 2.26. The van der Waals surface area contributed by atoms with Crippen LogP contribution in [0.5, 0.6) is 11.6 Å². The lowest BCUT2D eigenvalue weighted by atomic mass is 10.1. The molecule has 0 aliphatic carbocycles. The largest absolute Gasteiger partial charge is 0.489 e. The van der Waals surface area contributed by atoms with Crippen molar-refractivity contribution in [3.8, 4) is 17.3 Å². The summed E-state index contributed by atoms with van der Waals surface area (Å²) in [6.07, 6.45) is 3.58. The summed E-state index contributed by atoms with van der Waals surface area (Å²) in [7, 11) is 3.24. The number of aromatic nitrogens is 4. The molecule has 8 nitrogen and oxygen atoms in total. The molecule has 1 aliphatic rings. The van der Waals surface area contributed by atoms with Gasteiger partial charge in [-0.25, -0.2) is 4.98 Å². The summed E-state index contributed by atoms with van der Waals surface area (Å²) in [5, 5.41) is 9.41. The van der Waals surface area contributed by atoms with Gasteiger partial charge in [0.05, 0.1) is 24.0 Å². The smallest absolute Gasteiger partial charge is 0.232 e. The molecule has 3 heterocycles. The molecule has 3 aromatic rings. The molecule has 158 valence electrons. The van der Waals surface area contributed by atoms with Crippen LogP contribution in [0, 0.1) is 0 Å². The van der Waals surface area contributed by atoms with E-state index in [1.54, 1.807) is 20.4 Å². The Morgan fingerprint density at radius 2 is 1.87 bits per heavy atom. The SMILES string of the molecule is COCc1nnc(N2CCC(Oc3ccccc3Cl)CC2)n1-c1ccc(OC)nc1. The number of hydrogen-bond donors (Lipinski definition) is 0. The third-order valence-electron chi connectivity index (χ3n) is 5.03. The van der Waals surface area contributed by atoms with Gasteiger partial charge >= 0.3 is 0 Å². The average molecular weight is 430 g/mol. The van der Waals surface area contributed by atoms with E-state index < -0.39 is 0 Å². The number of hydrogen-bond acceptors (Lipinski definition) is 7. The van der Waals surface area contributed by atoms with Crippen molar-refractivity contribution < 1.29 is 14.2 Å². The first-order chi connectivity index (χ1) is 14.7. The van der Waals surface area contributed by atoms with Crippen LogP contribution in [0.2, 0.25) is 5.02 Å². The lowest BCUT2D eigenvalue weighted by Crippen LogP contribution is -2.39. The molecule has 2 aromatic heterocycles. The second-order valence-electron chi connectivity index (χ2n) is 6.98. The quantitative estimate of drug-likeness (QED) is 0.568. The number of anilines is 1. The van der Waals surface area contributed by atoms with E-state index in [2.05, 4.69) is 20.1 Å². The monoisotopic (exact) mass is 429 g/mol. The van der Waals surface area contributed by atoms with Crippen LogP contribution in [0.15, 0.2) is 42.6 Å². The Balaban J connectivity index is 1.51. The van der Waals surface area contributed by atoms with Crippen molar-refractivity contribution in [3.05, 3.63) is 53.4 Å². The minimum atomic E-state index is 0.110. The number of pyridine rings is 1. The van der Waals surface area contributed by atoms with Gasteiger partial charge in [-0.3, -0.25) is 4.57 Å². The highest BCUT2D eigenvalue weighted by Crippen LogP contribution is 2.29. The third-order valence-corrected chi connectivity index (χ3v) is 5.34. The maximum Gasteiger partial charge on any atom is 0.232 e. The van der Waals surface area contributed by atoms with Crippen molar-refractivity contribution in [2.75, 3.05) is 32.2 Å². The van der Waals surface area contributed by atoms with Gasteiger partial charge in [-0.05, 0) is 18.2 Å². The van der Waals surface area contributed by atoms with Gasteiger partial charge in [-0.15, -0.1) is 10.2 Å². The zero-order chi connectivity index (χ0) is 20.9. The first kappa shape index (κ1) is 20.4. The summed E-state index contributed by atoms with van der Waals surface area (Å²) >= 11 is 6.23. The molecule has 1 fully saturated rings. The molecule has 30 heavy (non-hydrogen) atoms. The van der Waals surface area contributed by atoms with Crippen LogP contribution in [0.1, 0.15) is 18.7 Å².